The van der Waals surface area contributed by atoms with Crippen molar-refractivity contribution >= 4 is 5.78 Å². The molecule has 1 aromatic carbocycles. The lowest BCUT2D eigenvalue weighted by atomic mass is 10.1. The zero-order valence-electron chi connectivity index (χ0n) is 13.9. The van der Waals surface area contributed by atoms with Crippen LogP contribution in [0.1, 0.15) is 36.5 Å². The van der Waals surface area contributed by atoms with Crippen LogP contribution in [0.3, 0.4) is 0 Å². The van der Waals surface area contributed by atoms with Crippen molar-refractivity contribution in [2.75, 3.05) is 46.4 Å². The largest absolute Gasteiger partial charge is 0.494 e. The molecule has 0 bridgehead atoms. The van der Waals surface area contributed by atoms with Gasteiger partial charge in [0.25, 0.3) is 0 Å². The van der Waals surface area contributed by atoms with Crippen molar-refractivity contribution in [1.29, 1.82) is 0 Å². The van der Waals surface area contributed by atoms with Crippen LogP contribution in [-0.4, -0.2) is 62.0 Å². The fourth-order valence-electron chi connectivity index (χ4n) is 2.64. The van der Waals surface area contributed by atoms with Gasteiger partial charge in [0.2, 0.25) is 0 Å². The molecule has 0 atom stereocenters. The lowest BCUT2D eigenvalue weighted by molar-refractivity contribution is 0.0988. The number of hydrogen-bond acceptors (Lipinski definition) is 4. The average molecular weight is 304 g/mol. The number of nitrogens with zero attached hydrogens (tertiary/aromatic N) is 2. The highest BCUT2D eigenvalue weighted by Gasteiger charge is 2.12. The standard InChI is InChI=1S/C18H28N2O2/c1-3-18(21)16-6-8-17(9-7-16)22-15-5-4-10-20-13-11-19(2)12-14-20/h6-9H,3-5,10-15H2,1-2H3. The van der Waals surface area contributed by atoms with E-state index in [4.69, 9.17) is 4.74 Å². The van der Waals surface area contributed by atoms with Crippen LogP contribution in [0.2, 0.25) is 0 Å². The topological polar surface area (TPSA) is 32.8 Å². The quantitative estimate of drug-likeness (QED) is 0.546. The van der Waals surface area contributed by atoms with E-state index in [0.717, 1.165) is 24.3 Å². The molecule has 4 nitrogen and oxygen atoms in total. The van der Waals surface area contributed by atoms with Crippen LogP contribution in [0, 0.1) is 0 Å². The summed E-state index contributed by atoms with van der Waals surface area (Å²) in [6.45, 7) is 8.52. The van der Waals surface area contributed by atoms with Crippen molar-refractivity contribution in [3.05, 3.63) is 29.8 Å². The number of rotatable bonds is 8. The predicted octanol–water partition coefficient (Wildman–Crippen LogP) is 2.69. The first-order valence-corrected chi connectivity index (χ1v) is 8.36. The Kier molecular flexibility index (Phi) is 6.87. The van der Waals surface area contributed by atoms with E-state index in [9.17, 15) is 4.79 Å². The lowest BCUT2D eigenvalue weighted by Crippen LogP contribution is -2.44. The van der Waals surface area contributed by atoms with Crippen LogP contribution in [0.25, 0.3) is 0 Å². The summed E-state index contributed by atoms with van der Waals surface area (Å²) < 4.78 is 5.74. The maximum atomic E-state index is 11.5. The van der Waals surface area contributed by atoms with Gasteiger partial charge < -0.3 is 14.5 Å². The van der Waals surface area contributed by atoms with Crippen LogP contribution in [-0.2, 0) is 0 Å². The summed E-state index contributed by atoms with van der Waals surface area (Å²) in [4.78, 5) is 16.5. The molecule has 1 aliphatic rings. The van der Waals surface area contributed by atoms with Gasteiger partial charge in [-0.05, 0) is 50.7 Å². The maximum absolute atomic E-state index is 11.5. The Bertz CT molecular complexity index is 451. The molecule has 0 aromatic heterocycles. The lowest BCUT2D eigenvalue weighted by Gasteiger charge is -2.32. The minimum Gasteiger partial charge on any atom is -0.494 e. The average Bonchev–Trinajstić information content (AvgIpc) is 2.56. The van der Waals surface area contributed by atoms with Crippen LogP contribution in [0.5, 0.6) is 5.75 Å². The first-order valence-electron chi connectivity index (χ1n) is 8.36. The molecule has 0 radical (unpaired) electrons. The molecule has 0 saturated carbocycles. The molecular weight excluding hydrogens is 276 g/mol. The second kappa shape index (κ2) is 8.91. The smallest absolute Gasteiger partial charge is 0.162 e. The molecule has 1 saturated heterocycles. The number of piperazine rings is 1. The molecule has 22 heavy (non-hydrogen) atoms. The van der Waals surface area contributed by atoms with Gasteiger partial charge >= 0.3 is 0 Å². The number of ether oxygens (including phenoxy) is 1. The Labute approximate surface area is 134 Å². The van der Waals surface area contributed by atoms with E-state index in [1.54, 1.807) is 0 Å². The van der Waals surface area contributed by atoms with Crippen molar-refractivity contribution < 1.29 is 9.53 Å². The number of hydrogen-bond donors (Lipinski definition) is 0. The first kappa shape index (κ1) is 17.0. The molecule has 0 N–H and O–H groups in total. The van der Waals surface area contributed by atoms with Gasteiger partial charge in [0.15, 0.2) is 5.78 Å². The number of carbonyl (C=O) groups excluding carboxylic acids is 1. The fraction of sp³-hybridized carbons (Fsp3) is 0.611. The van der Waals surface area contributed by atoms with E-state index in [-0.39, 0.29) is 5.78 Å². The first-order chi connectivity index (χ1) is 10.7. The number of Topliss-reactive ketones (excluding diaryl/α,β-unsaturated/α-hetero) is 1. The maximum Gasteiger partial charge on any atom is 0.162 e. The molecule has 1 aliphatic heterocycles. The Hall–Kier alpha value is -1.39. The summed E-state index contributed by atoms with van der Waals surface area (Å²) in [7, 11) is 2.19. The highest BCUT2D eigenvalue weighted by atomic mass is 16.5. The normalized spacial score (nSPS) is 16.6. The summed E-state index contributed by atoms with van der Waals surface area (Å²) in [6, 6.07) is 7.49. The van der Waals surface area contributed by atoms with E-state index in [0.29, 0.717) is 6.42 Å². The zero-order chi connectivity index (χ0) is 15.8. The summed E-state index contributed by atoms with van der Waals surface area (Å²) >= 11 is 0. The summed E-state index contributed by atoms with van der Waals surface area (Å²) in [5.74, 6) is 1.03. The van der Waals surface area contributed by atoms with Crippen LogP contribution < -0.4 is 4.74 Å². The Balaban J connectivity index is 1.59. The van der Waals surface area contributed by atoms with Crippen molar-refractivity contribution in [2.24, 2.45) is 0 Å². The van der Waals surface area contributed by atoms with E-state index < -0.39 is 0 Å². The van der Waals surface area contributed by atoms with Gasteiger partial charge in [0.05, 0.1) is 6.61 Å². The molecule has 1 aromatic rings. The number of likely N-dealkylation sites (N-methyl/N-ethyl adjacent to an activating group) is 1. The van der Waals surface area contributed by atoms with Crippen molar-refractivity contribution in [1.82, 2.24) is 9.80 Å². The Morgan fingerprint density at radius 1 is 1.09 bits per heavy atom. The summed E-state index contributed by atoms with van der Waals surface area (Å²) in [5, 5.41) is 0. The minimum absolute atomic E-state index is 0.179. The molecule has 122 valence electrons. The molecule has 2 rings (SSSR count). The van der Waals surface area contributed by atoms with E-state index in [2.05, 4.69) is 16.8 Å². The van der Waals surface area contributed by atoms with Gasteiger partial charge in [-0.15, -0.1) is 0 Å². The second-order valence-corrected chi connectivity index (χ2v) is 6.00. The SMILES string of the molecule is CCC(=O)c1ccc(OCCCCN2CCN(C)CC2)cc1. The van der Waals surface area contributed by atoms with Crippen LogP contribution in [0.15, 0.2) is 24.3 Å². The van der Waals surface area contributed by atoms with E-state index >= 15 is 0 Å². The van der Waals surface area contributed by atoms with Gasteiger partial charge in [0.1, 0.15) is 5.75 Å². The number of carbonyl (C=O) groups is 1. The fourth-order valence-corrected chi connectivity index (χ4v) is 2.64. The minimum atomic E-state index is 0.179. The summed E-state index contributed by atoms with van der Waals surface area (Å²) in [6.07, 6.45) is 2.80. The van der Waals surface area contributed by atoms with Crippen LogP contribution in [0.4, 0.5) is 0 Å². The second-order valence-electron chi connectivity index (χ2n) is 6.00. The van der Waals surface area contributed by atoms with Crippen molar-refractivity contribution in [2.45, 2.75) is 26.2 Å². The molecule has 1 fully saturated rings. The van der Waals surface area contributed by atoms with Gasteiger partial charge in [-0.1, -0.05) is 6.92 Å². The third-order valence-electron chi connectivity index (χ3n) is 4.23. The summed E-state index contributed by atoms with van der Waals surface area (Å²) in [5.41, 5.74) is 0.768. The number of ketones is 1. The van der Waals surface area contributed by atoms with Gasteiger partial charge in [-0.2, -0.15) is 0 Å². The van der Waals surface area contributed by atoms with E-state index in [1.165, 1.54) is 39.1 Å². The van der Waals surface area contributed by atoms with Crippen LogP contribution >= 0.6 is 0 Å². The van der Waals surface area contributed by atoms with E-state index in [1.807, 2.05) is 31.2 Å². The Morgan fingerprint density at radius 3 is 2.41 bits per heavy atom. The third-order valence-corrected chi connectivity index (χ3v) is 4.23. The van der Waals surface area contributed by atoms with Gasteiger partial charge in [0, 0.05) is 38.2 Å². The molecule has 0 amide bonds. The number of benzene rings is 1. The molecule has 1 heterocycles. The Morgan fingerprint density at radius 2 is 1.77 bits per heavy atom. The zero-order valence-corrected chi connectivity index (χ0v) is 13.9. The van der Waals surface area contributed by atoms with Gasteiger partial charge in [-0.3, -0.25) is 4.79 Å². The van der Waals surface area contributed by atoms with Gasteiger partial charge in [-0.25, -0.2) is 0 Å². The molecular formula is C18H28N2O2. The molecule has 4 heteroatoms. The van der Waals surface area contributed by atoms with Crippen molar-refractivity contribution in [3.63, 3.8) is 0 Å². The third kappa shape index (κ3) is 5.43. The highest BCUT2D eigenvalue weighted by molar-refractivity contribution is 5.95. The highest BCUT2D eigenvalue weighted by Crippen LogP contribution is 2.14. The van der Waals surface area contributed by atoms with Crippen molar-refractivity contribution in [3.8, 4) is 5.75 Å². The molecule has 0 aliphatic carbocycles. The monoisotopic (exact) mass is 304 g/mol. The predicted molar refractivity (Wildman–Crippen MR) is 89.7 cm³/mol. The molecule has 0 spiro atoms. The molecule has 0 unspecified atom stereocenters. The number of unbranched alkanes of at least 4 members (excludes halogenated alkanes) is 1.